The molecule has 1 amide bonds. The van der Waals surface area contributed by atoms with Gasteiger partial charge < -0.3 is 5.32 Å². The van der Waals surface area contributed by atoms with Crippen LogP contribution in [0.4, 0.5) is 0 Å². The molecule has 2 heterocycles. The van der Waals surface area contributed by atoms with E-state index in [1.807, 2.05) is 29.8 Å². The first-order valence-corrected chi connectivity index (χ1v) is 10.3. The average Bonchev–Trinajstić information content (AvgIpc) is 3.16. The van der Waals surface area contributed by atoms with Crippen LogP contribution in [0.1, 0.15) is 48.6 Å². The van der Waals surface area contributed by atoms with Crippen LogP contribution >= 0.6 is 11.3 Å². The number of fused-ring (bicyclic) bond motifs is 1. The molecule has 2 aromatic heterocycles. The van der Waals surface area contributed by atoms with Crippen LogP contribution in [0.5, 0.6) is 0 Å². The summed E-state index contributed by atoms with van der Waals surface area (Å²) in [7, 11) is 0. The highest BCUT2D eigenvalue weighted by Gasteiger charge is 2.17. The Hall–Kier alpha value is -2.21. The van der Waals surface area contributed by atoms with Gasteiger partial charge in [0.25, 0.3) is 0 Å². The number of hydrogen-bond acceptors (Lipinski definition) is 4. The van der Waals surface area contributed by atoms with Crippen molar-refractivity contribution >= 4 is 27.5 Å². The zero-order valence-electron chi connectivity index (χ0n) is 16.7. The highest BCUT2D eigenvalue weighted by molar-refractivity contribution is 7.18. The van der Waals surface area contributed by atoms with E-state index in [1.54, 1.807) is 11.3 Å². The number of thiazole rings is 1. The van der Waals surface area contributed by atoms with E-state index >= 15 is 0 Å². The Morgan fingerprint density at radius 1 is 1.22 bits per heavy atom. The van der Waals surface area contributed by atoms with Crippen molar-refractivity contribution in [2.45, 2.75) is 53.5 Å². The maximum absolute atomic E-state index is 12.5. The second kappa shape index (κ2) is 8.21. The second-order valence-electron chi connectivity index (χ2n) is 7.63. The number of carbonyl (C=O) groups excluding carboxylic acids is 1. The van der Waals surface area contributed by atoms with Gasteiger partial charge in [-0.3, -0.25) is 9.48 Å². The van der Waals surface area contributed by atoms with Gasteiger partial charge in [-0.2, -0.15) is 5.10 Å². The van der Waals surface area contributed by atoms with Gasteiger partial charge in [0, 0.05) is 30.3 Å². The van der Waals surface area contributed by atoms with E-state index in [0.717, 1.165) is 34.0 Å². The van der Waals surface area contributed by atoms with Gasteiger partial charge >= 0.3 is 0 Å². The van der Waals surface area contributed by atoms with E-state index < -0.39 is 0 Å². The summed E-state index contributed by atoms with van der Waals surface area (Å²) in [6, 6.07) is 8.15. The first-order chi connectivity index (χ1) is 12.8. The SMILES string of the molecule is Cc1nn(CC(C)C)c(C)c1CC(=O)NCC(C)c1nc2ccccc2s1. The Balaban J connectivity index is 1.60. The van der Waals surface area contributed by atoms with E-state index in [-0.39, 0.29) is 11.8 Å². The van der Waals surface area contributed by atoms with E-state index in [0.29, 0.717) is 18.9 Å². The topological polar surface area (TPSA) is 59.8 Å². The summed E-state index contributed by atoms with van der Waals surface area (Å²) in [6.07, 6.45) is 0.377. The van der Waals surface area contributed by atoms with Crippen LogP contribution < -0.4 is 5.32 Å². The number of nitrogens with zero attached hydrogens (tertiary/aromatic N) is 3. The minimum Gasteiger partial charge on any atom is -0.355 e. The first-order valence-electron chi connectivity index (χ1n) is 9.50. The summed E-state index contributed by atoms with van der Waals surface area (Å²) in [4.78, 5) is 17.2. The standard InChI is InChI=1S/C21H28N4OS/c1-13(2)12-25-16(5)17(15(4)24-25)10-20(26)22-11-14(3)21-23-18-8-6-7-9-19(18)27-21/h6-9,13-14H,10-12H2,1-5H3,(H,22,26). The van der Waals surface area contributed by atoms with E-state index in [1.165, 1.54) is 4.70 Å². The summed E-state index contributed by atoms with van der Waals surface area (Å²) in [6.45, 7) is 12.0. The van der Waals surface area contributed by atoms with Crippen molar-refractivity contribution in [3.05, 3.63) is 46.2 Å². The lowest BCUT2D eigenvalue weighted by atomic mass is 10.1. The van der Waals surface area contributed by atoms with Crippen molar-refractivity contribution in [1.29, 1.82) is 0 Å². The molecule has 3 rings (SSSR count). The number of benzene rings is 1. The van der Waals surface area contributed by atoms with Gasteiger partial charge in [-0.05, 0) is 31.9 Å². The molecule has 6 heteroatoms. The van der Waals surface area contributed by atoms with Gasteiger partial charge in [0.1, 0.15) is 0 Å². The number of amides is 1. The van der Waals surface area contributed by atoms with Crippen molar-refractivity contribution < 1.29 is 4.79 Å². The summed E-state index contributed by atoms with van der Waals surface area (Å²) in [5.74, 6) is 0.759. The molecule has 0 radical (unpaired) electrons. The fraction of sp³-hybridized carbons (Fsp3) is 0.476. The molecule has 5 nitrogen and oxygen atoms in total. The molecule has 1 atom stereocenters. The van der Waals surface area contributed by atoms with Crippen LogP contribution in [0, 0.1) is 19.8 Å². The number of aryl methyl sites for hydroxylation is 1. The number of para-hydroxylation sites is 1. The van der Waals surface area contributed by atoms with Crippen molar-refractivity contribution in [2.75, 3.05) is 6.54 Å². The summed E-state index contributed by atoms with van der Waals surface area (Å²) >= 11 is 1.70. The lowest BCUT2D eigenvalue weighted by molar-refractivity contribution is -0.120. The van der Waals surface area contributed by atoms with Gasteiger partial charge in [0.05, 0.1) is 27.3 Å². The van der Waals surface area contributed by atoms with Crippen LogP contribution in [0.15, 0.2) is 24.3 Å². The molecular weight excluding hydrogens is 356 g/mol. The van der Waals surface area contributed by atoms with Crippen LogP contribution in [0.2, 0.25) is 0 Å². The number of aromatic nitrogens is 3. The molecule has 0 fully saturated rings. The fourth-order valence-electron chi connectivity index (χ4n) is 3.19. The molecule has 0 aliphatic rings. The predicted octanol–water partition coefficient (Wildman–Crippen LogP) is 4.23. The molecule has 3 aromatic rings. The summed E-state index contributed by atoms with van der Waals surface area (Å²) in [5.41, 5.74) is 4.11. The van der Waals surface area contributed by atoms with Gasteiger partial charge in [0.15, 0.2) is 0 Å². The number of carbonyl (C=O) groups is 1. The Bertz CT molecular complexity index is 908. The normalized spacial score (nSPS) is 12.7. The zero-order chi connectivity index (χ0) is 19.6. The van der Waals surface area contributed by atoms with Gasteiger partial charge in [-0.15, -0.1) is 11.3 Å². The molecule has 144 valence electrons. The molecule has 1 N–H and O–H groups in total. The monoisotopic (exact) mass is 384 g/mol. The zero-order valence-corrected chi connectivity index (χ0v) is 17.6. The Morgan fingerprint density at radius 3 is 2.67 bits per heavy atom. The average molecular weight is 385 g/mol. The smallest absolute Gasteiger partial charge is 0.224 e. The van der Waals surface area contributed by atoms with Crippen LogP contribution in [0.3, 0.4) is 0 Å². The van der Waals surface area contributed by atoms with Gasteiger partial charge in [-0.25, -0.2) is 4.98 Å². The third kappa shape index (κ3) is 4.56. The second-order valence-corrected chi connectivity index (χ2v) is 8.69. The Kier molecular flexibility index (Phi) is 5.95. The molecule has 27 heavy (non-hydrogen) atoms. The molecule has 0 bridgehead atoms. The maximum Gasteiger partial charge on any atom is 0.224 e. The number of rotatable bonds is 7. The van der Waals surface area contributed by atoms with E-state index in [2.05, 4.69) is 49.2 Å². The molecule has 0 aliphatic heterocycles. The predicted molar refractivity (Wildman–Crippen MR) is 111 cm³/mol. The number of hydrogen-bond donors (Lipinski definition) is 1. The molecule has 1 unspecified atom stereocenters. The molecular formula is C21H28N4OS. The molecule has 0 aliphatic carbocycles. The lowest BCUT2D eigenvalue weighted by Gasteiger charge is -2.11. The van der Waals surface area contributed by atoms with Gasteiger partial charge in [0.2, 0.25) is 5.91 Å². The highest BCUT2D eigenvalue weighted by atomic mass is 32.1. The van der Waals surface area contributed by atoms with Crippen LogP contribution in [0.25, 0.3) is 10.2 Å². The fourth-order valence-corrected chi connectivity index (χ4v) is 4.21. The van der Waals surface area contributed by atoms with Crippen LogP contribution in [-0.2, 0) is 17.8 Å². The van der Waals surface area contributed by atoms with Crippen molar-refractivity contribution in [3.63, 3.8) is 0 Å². The molecule has 0 saturated carbocycles. The lowest BCUT2D eigenvalue weighted by Crippen LogP contribution is -2.29. The minimum absolute atomic E-state index is 0.0401. The Labute approximate surface area is 164 Å². The third-order valence-electron chi connectivity index (χ3n) is 4.74. The summed E-state index contributed by atoms with van der Waals surface area (Å²) < 4.78 is 3.21. The van der Waals surface area contributed by atoms with E-state index in [4.69, 9.17) is 0 Å². The molecule has 0 saturated heterocycles. The summed E-state index contributed by atoms with van der Waals surface area (Å²) in [5, 5.41) is 8.73. The molecule has 0 spiro atoms. The van der Waals surface area contributed by atoms with Crippen molar-refractivity contribution in [3.8, 4) is 0 Å². The van der Waals surface area contributed by atoms with Crippen molar-refractivity contribution in [2.24, 2.45) is 5.92 Å². The Morgan fingerprint density at radius 2 is 1.96 bits per heavy atom. The quantitative estimate of drug-likeness (QED) is 0.663. The minimum atomic E-state index is 0.0401. The number of nitrogens with one attached hydrogen (secondary N) is 1. The van der Waals surface area contributed by atoms with Crippen LogP contribution in [-0.4, -0.2) is 27.2 Å². The van der Waals surface area contributed by atoms with Gasteiger partial charge in [-0.1, -0.05) is 32.9 Å². The molecule has 1 aromatic carbocycles. The van der Waals surface area contributed by atoms with E-state index in [9.17, 15) is 4.79 Å². The maximum atomic E-state index is 12.5. The van der Waals surface area contributed by atoms with Crippen molar-refractivity contribution in [1.82, 2.24) is 20.1 Å². The first kappa shape index (κ1) is 19.5. The highest BCUT2D eigenvalue weighted by Crippen LogP contribution is 2.26. The largest absolute Gasteiger partial charge is 0.355 e. The third-order valence-corrected chi connectivity index (χ3v) is 6.01.